The van der Waals surface area contributed by atoms with Crippen LogP contribution < -0.4 is 0 Å². The molecule has 0 atom stereocenters. The lowest BCUT2D eigenvalue weighted by molar-refractivity contribution is -0.0945. The Hall–Kier alpha value is -0.510. The third kappa shape index (κ3) is 4.03. The van der Waals surface area contributed by atoms with Gasteiger partial charge in [0, 0.05) is 5.57 Å². The topological polar surface area (TPSA) is 20.2 Å². The van der Waals surface area contributed by atoms with Crippen LogP contribution in [0.1, 0.15) is 19.8 Å². The minimum absolute atomic E-state index is 0.0237. The lowest BCUT2D eigenvalue weighted by Gasteiger charge is -2.09. The number of rotatable bonds is 3. The van der Waals surface area contributed by atoms with E-state index in [2.05, 4.69) is 0 Å². The average Bonchev–Trinajstić information content (AvgIpc) is 1.85. The minimum atomic E-state index is -4.28. The van der Waals surface area contributed by atoms with Crippen LogP contribution in [0.5, 0.6) is 0 Å². The maximum Gasteiger partial charge on any atom is 0.412 e. The van der Waals surface area contributed by atoms with Crippen LogP contribution >= 0.6 is 0 Å². The monoisotopic (exact) mass is 168 g/mol. The number of hydrogen-bond donors (Lipinski definition) is 1. The smallest absolute Gasteiger partial charge is 0.392 e. The Kier molecular flexibility index (Phi) is 4.18. The van der Waals surface area contributed by atoms with Gasteiger partial charge in [-0.05, 0) is 6.42 Å². The van der Waals surface area contributed by atoms with Crippen molar-refractivity contribution in [2.24, 2.45) is 0 Å². The van der Waals surface area contributed by atoms with E-state index in [0.717, 1.165) is 6.08 Å². The van der Waals surface area contributed by atoms with Crippen molar-refractivity contribution in [3.8, 4) is 0 Å². The predicted octanol–water partition coefficient (Wildman–Crippen LogP) is 2.27. The van der Waals surface area contributed by atoms with Crippen molar-refractivity contribution in [3.63, 3.8) is 0 Å². The average molecular weight is 168 g/mol. The molecule has 0 aliphatic rings. The molecule has 11 heavy (non-hydrogen) atoms. The summed E-state index contributed by atoms with van der Waals surface area (Å²) in [5.74, 6) is 0. The highest BCUT2D eigenvalue weighted by atomic mass is 19.4. The van der Waals surface area contributed by atoms with Gasteiger partial charge in [-0.1, -0.05) is 19.4 Å². The van der Waals surface area contributed by atoms with E-state index < -0.39 is 18.4 Å². The fourth-order valence-electron chi connectivity index (χ4n) is 0.739. The Labute approximate surface area is 63.5 Å². The van der Waals surface area contributed by atoms with E-state index in [9.17, 15) is 13.2 Å². The summed E-state index contributed by atoms with van der Waals surface area (Å²) in [6.07, 6.45) is -3.06. The van der Waals surface area contributed by atoms with E-state index in [1.165, 1.54) is 0 Å². The zero-order valence-electron chi connectivity index (χ0n) is 6.28. The summed E-state index contributed by atoms with van der Waals surface area (Å²) < 4.78 is 35.7. The maximum absolute atomic E-state index is 11.9. The molecule has 0 bridgehead atoms. The Bertz CT molecular complexity index is 137. The summed E-state index contributed by atoms with van der Waals surface area (Å²) in [7, 11) is 0. The van der Waals surface area contributed by atoms with Crippen LogP contribution in [-0.4, -0.2) is 17.9 Å². The zero-order valence-corrected chi connectivity index (χ0v) is 6.28. The minimum Gasteiger partial charge on any atom is -0.392 e. The Morgan fingerprint density at radius 3 is 2.27 bits per heavy atom. The van der Waals surface area contributed by atoms with E-state index in [1.807, 2.05) is 0 Å². The third-order valence-corrected chi connectivity index (χ3v) is 1.22. The van der Waals surface area contributed by atoms with Gasteiger partial charge in [0.05, 0.1) is 6.61 Å². The van der Waals surface area contributed by atoms with Gasteiger partial charge >= 0.3 is 6.18 Å². The lowest BCUT2D eigenvalue weighted by atomic mass is 10.1. The van der Waals surface area contributed by atoms with E-state index in [0.29, 0.717) is 6.42 Å². The van der Waals surface area contributed by atoms with Crippen LogP contribution in [0, 0.1) is 0 Å². The fraction of sp³-hybridized carbons (Fsp3) is 0.714. The number of halogens is 3. The Morgan fingerprint density at radius 1 is 1.45 bits per heavy atom. The van der Waals surface area contributed by atoms with Gasteiger partial charge in [0.1, 0.15) is 0 Å². The van der Waals surface area contributed by atoms with E-state index in [-0.39, 0.29) is 6.42 Å². The number of allylic oxidation sites excluding steroid dienone is 1. The first-order chi connectivity index (χ1) is 5.02. The highest BCUT2D eigenvalue weighted by Crippen LogP contribution is 2.28. The van der Waals surface area contributed by atoms with E-state index in [4.69, 9.17) is 5.11 Å². The first kappa shape index (κ1) is 10.5. The molecular formula is C7H11F3O. The van der Waals surface area contributed by atoms with Crippen LogP contribution in [0.15, 0.2) is 11.6 Å². The summed E-state index contributed by atoms with van der Waals surface area (Å²) in [4.78, 5) is 0. The van der Waals surface area contributed by atoms with Crippen LogP contribution in [-0.2, 0) is 0 Å². The van der Waals surface area contributed by atoms with Crippen molar-refractivity contribution < 1.29 is 18.3 Å². The number of aliphatic hydroxyl groups is 1. The molecule has 0 rings (SSSR count). The lowest BCUT2D eigenvalue weighted by Crippen LogP contribution is -2.12. The van der Waals surface area contributed by atoms with Crippen molar-refractivity contribution in [1.29, 1.82) is 0 Å². The number of alkyl halides is 3. The molecule has 0 aliphatic carbocycles. The van der Waals surface area contributed by atoms with Gasteiger partial charge in [-0.3, -0.25) is 0 Å². The van der Waals surface area contributed by atoms with Crippen LogP contribution in [0.2, 0.25) is 0 Å². The van der Waals surface area contributed by atoms with Crippen molar-refractivity contribution in [1.82, 2.24) is 0 Å². The molecule has 0 spiro atoms. The summed E-state index contributed by atoms with van der Waals surface area (Å²) in [5.41, 5.74) is -0.637. The molecule has 0 aromatic rings. The van der Waals surface area contributed by atoms with Gasteiger partial charge in [-0.2, -0.15) is 13.2 Å². The van der Waals surface area contributed by atoms with Gasteiger partial charge in [0.2, 0.25) is 0 Å². The van der Waals surface area contributed by atoms with Crippen molar-refractivity contribution in [2.75, 3.05) is 6.61 Å². The van der Waals surface area contributed by atoms with Gasteiger partial charge < -0.3 is 5.11 Å². The molecule has 66 valence electrons. The van der Waals surface area contributed by atoms with Crippen molar-refractivity contribution in [2.45, 2.75) is 25.9 Å². The normalized spacial score (nSPS) is 13.7. The number of hydrogen-bond acceptors (Lipinski definition) is 1. The molecule has 0 amide bonds. The SMILES string of the molecule is CCC/C(=C\CO)C(F)(F)F. The molecule has 0 fully saturated rings. The summed E-state index contributed by atoms with van der Waals surface area (Å²) in [6.45, 7) is 1.12. The Morgan fingerprint density at radius 2 is 2.00 bits per heavy atom. The molecule has 0 heterocycles. The van der Waals surface area contributed by atoms with Gasteiger partial charge in [-0.25, -0.2) is 0 Å². The highest BCUT2D eigenvalue weighted by Gasteiger charge is 2.31. The fourth-order valence-corrected chi connectivity index (χ4v) is 0.739. The number of aliphatic hydroxyl groups excluding tert-OH is 1. The molecule has 0 aliphatic heterocycles. The summed E-state index contributed by atoms with van der Waals surface area (Å²) in [5, 5.41) is 8.25. The van der Waals surface area contributed by atoms with Gasteiger partial charge in [-0.15, -0.1) is 0 Å². The zero-order chi connectivity index (χ0) is 8.91. The highest BCUT2D eigenvalue weighted by molar-refractivity contribution is 5.08. The van der Waals surface area contributed by atoms with Crippen molar-refractivity contribution in [3.05, 3.63) is 11.6 Å². The molecule has 4 heteroatoms. The predicted molar refractivity (Wildman–Crippen MR) is 36.1 cm³/mol. The standard InChI is InChI=1S/C7H11F3O/c1-2-3-6(4-5-11)7(8,9)10/h4,11H,2-3,5H2,1H3/b6-4+. The quantitative estimate of drug-likeness (QED) is 0.641. The third-order valence-electron chi connectivity index (χ3n) is 1.22. The second-order valence-electron chi connectivity index (χ2n) is 2.16. The van der Waals surface area contributed by atoms with Gasteiger partial charge in [0.15, 0.2) is 0 Å². The molecule has 0 saturated heterocycles. The molecule has 0 unspecified atom stereocenters. The van der Waals surface area contributed by atoms with Crippen LogP contribution in [0.3, 0.4) is 0 Å². The first-order valence-electron chi connectivity index (χ1n) is 3.39. The second kappa shape index (κ2) is 4.38. The Balaban J connectivity index is 4.22. The first-order valence-corrected chi connectivity index (χ1v) is 3.39. The molecule has 1 nitrogen and oxygen atoms in total. The second-order valence-corrected chi connectivity index (χ2v) is 2.16. The largest absolute Gasteiger partial charge is 0.412 e. The maximum atomic E-state index is 11.9. The van der Waals surface area contributed by atoms with Crippen molar-refractivity contribution >= 4 is 0 Å². The molecule has 0 aromatic heterocycles. The molecule has 1 N–H and O–H groups in total. The van der Waals surface area contributed by atoms with E-state index >= 15 is 0 Å². The van der Waals surface area contributed by atoms with Crippen LogP contribution in [0.4, 0.5) is 13.2 Å². The van der Waals surface area contributed by atoms with Crippen LogP contribution in [0.25, 0.3) is 0 Å². The van der Waals surface area contributed by atoms with Gasteiger partial charge in [0.25, 0.3) is 0 Å². The summed E-state index contributed by atoms with van der Waals surface area (Å²) >= 11 is 0. The molecular weight excluding hydrogens is 157 g/mol. The molecule has 0 radical (unpaired) electrons. The van der Waals surface area contributed by atoms with E-state index in [1.54, 1.807) is 6.92 Å². The molecule has 0 saturated carbocycles. The molecule has 0 aromatic carbocycles. The summed E-state index contributed by atoms with van der Waals surface area (Å²) in [6, 6.07) is 0.